The summed E-state index contributed by atoms with van der Waals surface area (Å²) in [6.07, 6.45) is 0.846. The summed E-state index contributed by atoms with van der Waals surface area (Å²) in [4.78, 5) is 9.10. The molecule has 110 valence electrons. The zero-order valence-corrected chi connectivity index (χ0v) is 12.2. The summed E-state index contributed by atoms with van der Waals surface area (Å²) in [6.45, 7) is 7.66. The van der Waals surface area contributed by atoms with Gasteiger partial charge >= 0.3 is 0 Å². The molecule has 0 radical (unpaired) electrons. The van der Waals surface area contributed by atoms with Crippen molar-refractivity contribution in [1.82, 2.24) is 9.88 Å². The summed E-state index contributed by atoms with van der Waals surface area (Å²) in [6, 6.07) is 6.11. The van der Waals surface area contributed by atoms with E-state index < -0.39 is 0 Å². The number of nitrogens with two attached hydrogens (primary N) is 1. The minimum Gasteiger partial charge on any atom is -0.409 e. The quantitative estimate of drug-likeness (QED) is 0.372. The van der Waals surface area contributed by atoms with Crippen molar-refractivity contribution >= 4 is 11.7 Å². The van der Waals surface area contributed by atoms with Gasteiger partial charge in [-0.3, -0.25) is 4.90 Å². The highest BCUT2D eigenvalue weighted by molar-refractivity contribution is 5.85. The lowest BCUT2D eigenvalue weighted by molar-refractivity contribution is 0.215. The third kappa shape index (κ3) is 3.19. The van der Waals surface area contributed by atoms with Crippen LogP contribution in [0, 0.1) is 6.92 Å². The van der Waals surface area contributed by atoms with Crippen LogP contribution in [0.5, 0.6) is 0 Å². The van der Waals surface area contributed by atoms with E-state index in [1.165, 1.54) is 0 Å². The van der Waals surface area contributed by atoms with Crippen molar-refractivity contribution in [3.8, 4) is 0 Å². The highest BCUT2D eigenvalue weighted by Gasteiger charge is 2.25. The molecular weight excluding hydrogens is 254 g/mol. The van der Waals surface area contributed by atoms with Gasteiger partial charge in [-0.15, -0.1) is 0 Å². The molecule has 1 aromatic heterocycles. The highest BCUT2D eigenvalue weighted by atomic mass is 16.4. The maximum atomic E-state index is 8.84. The first-order chi connectivity index (χ1) is 9.65. The highest BCUT2D eigenvalue weighted by Crippen LogP contribution is 2.16. The maximum Gasteiger partial charge on any atom is 0.156 e. The van der Waals surface area contributed by atoms with Crippen molar-refractivity contribution in [3.05, 3.63) is 23.9 Å². The van der Waals surface area contributed by atoms with E-state index in [0.717, 1.165) is 44.1 Å². The number of piperazine rings is 1. The number of rotatable bonds is 4. The van der Waals surface area contributed by atoms with Gasteiger partial charge in [0.1, 0.15) is 5.82 Å². The predicted molar refractivity (Wildman–Crippen MR) is 80.2 cm³/mol. The SMILES string of the molecule is CCC(C(N)=NO)N1CCN(c2cccc(C)n2)CC1. The average Bonchev–Trinajstić information content (AvgIpc) is 2.48. The largest absolute Gasteiger partial charge is 0.409 e. The average molecular weight is 277 g/mol. The summed E-state index contributed by atoms with van der Waals surface area (Å²) >= 11 is 0. The minimum atomic E-state index is 0.0209. The third-order valence-corrected chi connectivity index (χ3v) is 3.80. The first-order valence-electron chi connectivity index (χ1n) is 7.05. The van der Waals surface area contributed by atoms with Crippen molar-refractivity contribution in [2.24, 2.45) is 10.9 Å². The van der Waals surface area contributed by atoms with Crippen molar-refractivity contribution in [2.45, 2.75) is 26.3 Å². The molecule has 6 nitrogen and oxygen atoms in total. The summed E-state index contributed by atoms with van der Waals surface area (Å²) in [7, 11) is 0. The van der Waals surface area contributed by atoms with Gasteiger partial charge in [0, 0.05) is 31.9 Å². The Balaban J connectivity index is 1.98. The van der Waals surface area contributed by atoms with E-state index >= 15 is 0 Å². The topological polar surface area (TPSA) is 78.0 Å². The number of hydrogen-bond donors (Lipinski definition) is 2. The second kappa shape index (κ2) is 6.56. The second-order valence-corrected chi connectivity index (χ2v) is 5.11. The van der Waals surface area contributed by atoms with Crippen LogP contribution in [0.4, 0.5) is 5.82 Å². The molecule has 1 fully saturated rings. The van der Waals surface area contributed by atoms with Gasteiger partial charge in [-0.2, -0.15) is 0 Å². The molecule has 1 aliphatic rings. The molecule has 0 aromatic carbocycles. The number of nitrogens with zero attached hydrogens (tertiary/aromatic N) is 4. The first kappa shape index (κ1) is 14.6. The Kier molecular flexibility index (Phi) is 4.79. The van der Waals surface area contributed by atoms with E-state index in [1.807, 2.05) is 25.1 Å². The Labute approximate surface area is 119 Å². The fourth-order valence-electron chi connectivity index (χ4n) is 2.69. The van der Waals surface area contributed by atoms with E-state index in [1.54, 1.807) is 0 Å². The lowest BCUT2D eigenvalue weighted by atomic mass is 10.1. The van der Waals surface area contributed by atoms with E-state index in [9.17, 15) is 0 Å². The van der Waals surface area contributed by atoms with Gasteiger partial charge in [-0.25, -0.2) is 4.98 Å². The van der Waals surface area contributed by atoms with Crippen LogP contribution in [-0.2, 0) is 0 Å². The first-order valence-corrected chi connectivity index (χ1v) is 7.05. The molecular formula is C14H23N5O. The molecule has 1 aliphatic heterocycles. The van der Waals surface area contributed by atoms with E-state index in [4.69, 9.17) is 10.9 Å². The van der Waals surface area contributed by atoms with E-state index in [-0.39, 0.29) is 6.04 Å². The molecule has 0 amide bonds. The van der Waals surface area contributed by atoms with E-state index in [0.29, 0.717) is 5.84 Å². The van der Waals surface area contributed by atoms with Crippen LogP contribution in [0.3, 0.4) is 0 Å². The molecule has 1 aromatic rings. The van der Waals surface area contributed by atoms with Gasteiger partial charge < -0.3 is 15.8 Å². The van der Waals surface area contributed by atoms with Crippen LogP contribution in [0.1, 0.15) is 19.0 Å². The number of oxime groups is 1. The van der Waals surface area contributed by atoms with Crippen LogP contribution in [0.25, 0.3) is 0 Å². The standard InChI is InChI=1S/C14H23N5O/c1-3-12(14(15)17-20)18-7-9-19(10-8-18)13-6-4-5-11(2)16-13/h4-6,12,20H,3,7-10H2,1-2H3,(H2,15,17). The van der Waals surface area contributed by atoms with Crippen LogP contribution in [0.2, 0.25) is 0 Å². The van der Waals surface area contributed by atoms with Crippen molar-refractivity contribution in [2.75, 3.05) is 31.1 Å². The molecule has 0 bridgehead atoms. The molecule has 0 spiro atoms. The molecule has 0 saturated carbocycles. The fourth-order valence-corrected chi connectivity index (χ4v) is 2.69. The molecule has 2 heterocycles. The summed E-state index contributed by atoms with van der Waals surface area (Å²) in [5, 5.41) is 12.0. The van der Waals surface area contributed by atoms with Crippen molar-refractivity contribution < 1.29 is 5.21 Å². The van der Waals surface area contributed by atoms with Gasteiger partial charge in [0.25, 0.3) is 0 Å². The fraction of sp³-hybridized carbons (Fsp3) is 0.571. The van der Waals surface area contributed by atoms with Crippen LogP contribution in [0.15, 0.2) is 23.4 Å². The number of anilines is 1. The molecule has 1 saturated heterocycles. The van der Waals surface area contributed by atoms with Crippen molar-refractivity contribution in [3.63, 3.8) is 0 Å². The van der Waals surface area contributed by atoms with Gasteiger partial charge in [0.05, 0.1) is 6.04 Å². The molecule has 6 heteroatoms. The summed E-state index contributed by atoms with van der Waals surface area (Å²) in [5.41, 5.74) is 6.79. The smallest absolute Gasteiger partial charge is 0.156 e. The zero-order chi connectivity index (χ0) is 14.5. The number of aromatic nitrogens is 1. The van der Waals surface area contributed by atoms with Crippen molar-refractivity contribution in [1.29, 1.82) is 0 Å². The molecule has 0 aliphatic carbocycles. The molecule has 20 heavy (non-hydrogen) atoms. The summed E-state index contributed by atoms with van der Waals surface area (Å²) < 4.78 is 0. The predicted octanol–water partition coefficient (Wildman–Crippen LogP) is 1.04. The number of pyridine rings is 1. The minimum absolute atomic E-state index is 0.0209. The van der Waals surface area contributed by atoms with Crippen LogP contribution >= 0.6 is 0 Å². The normalized spacial score (nSPS) is 19.1. The lowest BCUT2D eigenvalue weighted by Gasteiger charge is -2.39. The maximum absolute atomic E-state index is 8.84. The van der Waals surface area contributed by atoms with Gasteiger partial charge in [0.15, 0.2) is 5.84 Å². The molecule has 1 atom stereocenters. The van der Waals surface area contributed by atoms with Gasteiger partial charge in [-0.1, -0.05) is 18.1 Å². The molecule has 2 rings (SSSR count). The Morgan fingerprint density at radius 2 is 2.10 bits per heavy atom. The Morgan fingerprint density at radius 3 is 2.65 bits per heavy atom. The van der Waals surface area contributed by atoms with E-state index in [2.05, 4.69) is 26.9 Å². The monoisotopic (exact) mass is 277 g/mol. The number of amidine groups is 1. The number of aryl methyl sites for hydroxylation is 1. The Morgan fingerprint density at radius 1 is 1.40 bits per heavy atom. The van der Waals surface area contributed by atoms with Gasteiger partial charge in [-0.05, 0) is 25.5 Å². The second-order valence-electron chi connectivity index (χ2n) is 5.11. The number of hydrogen-bond acceptors (Lipinski definition) is 5. The Hall–Kier alpha value is -1.82. The molecule has 1 unspecified atom stereocenters. The van der Waals surface area contributed by atoms with Gasteiger partial charge in [0.2, 0.25) is 0 Å². The molecule has 3 N–H and O–H groups in total. The van der Waals surface area contributed by atoms with Crippen LogP contribution in [-0.4, -0.2) is 53.1 Å². The lowest BCUT2D eigenvalue weighted by Crippen LogP contribution is -2.54. The Bertz CT molecular complexity index is 468. The zero-order valence-electron chi connectivity index (χ0n) is 12.2. The summed E-state index contributed by atoms with van der Waals surface area (Å²) in [5.74, 6) is 1.33. The van der Waals surface area contributed by atoms with Crippen LogP contribution < -0.4 is 10.6 Å². The third-order valence-electron chi connectivity index (χ3n) is 3.80.